The van der Waals surface area contributed by atoms with E-state index in [0.29, 0.717) is 19.6 Å². The Bertz CT molecular complexity index is 754. The first-order valence-electron chi connectivity index (χ1n) is 7.72. The Morgan fingerprint density at radius 1 is 1.35 bits per heavy atom. The molecule has 2 saturated heterocycles. The van der Waals surface area contributed by atoms with Crippen LogP contribution in [0.3, 0.4) is 0 Å². The first-order valence-corrected chi connectivity index (χ1v) is 8.60. The maximum Gasteiger partial charge on any atom is 0.263 e. The van der Waals surface area contributed by atoms with Gasteiger partial charge in [0.1, 0.15) is 0 Å². The molecular formula is C16H18N4O2S. The van der Waals surface area contributed by atoms with Crippen LogP contribution in [0.5, 0.6) is 0 Å². The van der Waals surface area contributed by atoms with Gasteiger partial charge in [-0.1, -0.05) is 6.07 Å². The highest BCUT2D eigenvalue weighted by atomic mass is 32.1. The van der Waals surface area contributed by atoms with Crippen molar-refractivity contribution < 1.29 is 9.59 Å². The summed E-state index contributed by atoms with van der Waals surface area (Å²) in [6, 6.07) is 3.73. The molecule has 2 fully saturated rings. The normalized spacial score (nSPS) is 24.1. The molecule has 4 rings (SSSR count). The number of hydrogen-bond acceptors (Lipinski definition) is 4. The van der Waals surface area contributed by atoms with E-state index < -0.39 is 5.41 Å². The van der Waals surface area contributed by atoms with Crippen LogP contribution in [0.15, 0.2) is 29.9 Å². The van der Waals surface area contributed by atoms with Crippen molar-refractivity contribution in [2.75, 3.05) is 24.5 Å². The van der Waals surface area contributed by atoms with Gasteiger partial charge in [0.05, 0.1) is 22.2 Å². The van der Waals surface area contributed by atoms with E-state index in [0.717, 1.165) is 23.4 Å². The molecule has 2 aliphatic rings. The minimum Gasteiger partial charge on any atom is -0.337 e. The van der Waals surface area contributed by atoms with E-state index in [9.17, 15) is 9.59 Å². The summed E-state index contributed by atoms with van der Waals surface area (Å²) in [5, 5.41) is 6.05. The SMILES string of the molecule is Cn1cc(N2CCC3(CCN(C(=O)c4cccs4)C3)C2=O)cn1. The summed E-state index contributed by atoms with van der Waals surface area (Å²) in [5.41, 5.74) is 0.431. The molecule has 2 amide bonds. The average Bonchev–Trinajstić information content (AvgIpc) is 3.30. The Kier molecular flexibility index (Phi) is 3.26. The molecular weight excluding hydrogens is 312 g/mol. The van der Waals surface area contributed by atoms with Gasteiger partial charge in [0.2, 0.25) is 5.91 Å². The quantitative estimate of drug-likeness (QED) is 0.843. The van der Waals surface area contributed by atoms with Gasteiger partial charge in [-0.05, 0) is 24.3 Å². The molecule has 2 aromatic heterocycles. The van der Waals surface area contributed by atoms with Crippen molar-refractivity contribution in [1.82, 2.24) is 14.7 Å². The van der Waals surface area contributed by atoms with Crippen molar-refractivity contribution >= 4 is 28.8 Å². The van der Waals surface area contributed by atoms with Crippen molar-refractivity contribution in [2.45, 2.75) is 12.8 Å². The second-order valence-electron chi connectivity index (χ2n) is 6.31. The third kappa shape index (κ3) is 2.26. The first-order chi connectivity index (χ1) is 11.1. The number of nitrogens with zero attached hydrogens (tertiary/aromatic N) is 4. The number of carbonyl (C=O) groups is 2. The molecule has 0 N–H and O–H groups in total. The van der Waals surface area contributed by atoms with Crippen molar-refractivity contribution in [3.05, 3.63) is 34.8 Å². The third-order valence-corrected chi connectivity index (χ3v) is 5.75. The topological polar surface area (TPSA) is 58.4 Å². The fourth-order valence-corrected chi connectivity index (χ4v) is 4.29. The Morgan fingerprint density at radius 2 is 2.17 bits per heavy atom. The largest absolute Gasteiger partial charge is 0.337 e. The molecule has 120 valence electrons. The monoisotopic (exact) mass is 330 g/mol. The van der Waals surface area contributed by atoms with Crippen LogP contribution >= 0.6 is 11.3 Å². The van der Waals surface area contributed by atoms with Gasteiger partial charge in [-0.2, -0.15) is 5.10 Å². The summed E-state index contributed by atoms with van der Waals surface area (Å²) in [7, 11) is 1.84. The maximum atomic E-state index is 12.9. The summed E-state index contributed by atoms with van der Waals surface area (Å²) < 4.78 is 1.70. The van der Waals surface area contributed by atoms with Crippen LogP contribution in [0.2, 0.25) is 0 Å². The van der Waals surface area contributed by atoms with Gasteiger partial charge in [-0.3, -0.25) is 14.3 Å². The molecule has 0 saturated carbocycles. The molecule has 7 heteroatoms. The summed E-state index contributed by atoms with van der Waals surface area (Å²) in [6.07, 6.45) is 5.13. The van der Waals surface area contributed by atoms with Crippen LogP contribution in [0.25, 0.3) is 0 Å². The van der Waals surface area contributed by atoms with Crippen molar-refractivity contribution in [3.63, 3.8) is 0 Å². The Labute approximate surface area is 138 Å². The zero-order valence-electron chi connectivity index (χ0n) is 12.9. The second kappa shape index (κ2) is 5.19. The van der Waals surface area contributed by atoms with Gasteiger partial charge in [-0.15, -0.1) is 11.3 Å². The fraction of sp³-hybridized carbons (Fsp3) is 0.438. The van der Waals surface area contributed by atoms with Crippen LogP contribution in [0, 0.1) is 5.41 Å². The number of likely N-dealkylation sites (tertiary alicyclic amines) is 1. The summed E-state index contributed by atoms with van der Waals surface area (Å²) in [6.45, 7) is 1.88. The van der Waals surface area contributed by atoms with Crippen LogP contribution in [-0.2, 0) is 11.8 Å². The van der Waals surface area contributed by atoms with Gasteiger partial charge in [-0.25, -0.2) is 0 Å². The lowest BCUT2D eigenvalue weighted by Crippen LogP contribution is -2.38. The zero-order valence-corrected chi connectivity index (χ0v) is 13.8. The fourth-order valence-electron chi connectivity index (χ4n) is 3.60. The molecule has 0 aliphatic carbocycles. The molecule has 2 aliphatic heterocycles. The second-order valence-corrected chi connectivity index (χ2v) is 7.26. The number of rotatable bonds is 2. The van der Waals surface area contributed by atoms with Crippen LogP contribution in [0.1, 0.15) is 22.5 Å². The Morgan fingerprint density at radius 3 is 2.87 bits per heavy atom. The highest BCUT2D eigenvalue weighted by Crippen LogP contribution is 2.42. The lowest BCUT2D eigenvalue weighted by atomic mass is 9.85. The molecule has 0 radical (unpaired) electrons. The number of aryl methyl sites for hydroxylation is 1. The minimum absolute atomic E-state index is 0.0458. The number of hydrogen-bond donors (Lipinski definition) is 0. The van der Waals surface area contributed by atoms with Gasteiger partial charge >= 0.3 is 0 Å². The number of thiophene rings is 1. The standard InChI is InChI=1S/C16H18N4O2S/c1-18-10-12(9-17-18)20-7-5-16(15(20)22)4-6-19(11-16)14(21)13-3-2-8-23-13/h2-3,8-10H,4-7,11H2,1H3. The molecule has 0 bridgehead atoms. The van der Waals surface area contributed by atoms with Crippen LogP contribution in [0.4, 0.5) is 5.69 Å². The van der Waals surface area contributed by atoms with E-state index >= 15 is 0 Å². The highest BCUT2D eigenvalue weighted by molar-refractivity contribution is 7.12. The molecule has 1 unspecified atom stereocenters. The predicted octanol–water partition coefficient (Wildman–Crippen LogP) is 1.75. The number of amides is 2. The van der Waals surface area contributed by atoms with E-state index in [-0.39, 0.29) is 11.8 Å². The maximum absolute atomic E-state index is 12.9. The Hall–Kier alpha value is -2.15. The van der Waals surface area contributed by atoms with Gasteiger partial charge in [0, 0.05) is 32.9 Å². The molecule has 2 aromatic rings. The number of carbonyl (C=O) groups excluding carboxylic acids is 2. The zero-order chi connectivity index (χ0) is 16.0. The van der Waals surface area contributed by atoms with E-state index in [1.54, 1.807) is 10.9 Å². The molecule has 6 nitrogen and oxygen atoms in total. The summed E-state index contributed by atoms with van der Waals surface area (Å²) in [5.74, 6) is 0.177. The molecule has 1 spiro atoms. The minimum atomic E-state index is -0.414. The van der Waals surface area contributed by atoms with Crippen molar-refractivity contribution in [1.29, 1.82) is 0 Å². The molecule has 0 aromatic carbocycles. The lowest BCUT2D eigenvalue weighted by molar-refractivity contribution is -0.124. The lowest BCUT2D eigenvalue weighted by Gasteiger charge is -2.23. The first kappa shape index (κ1) is 14.4. The average molecular weight is 330 g/mol. The smallest absolute Gasteiger partial charge is 0.263 e. The van der Waals surface area contributed by atoms with Crippen LogP contribution < -0.4 is 4.90 Å². The van der Waals surface area contributed by atoms with Crippen molar-refractivity contribution in [2.24, 2.45) is 12.5 Å². The Balaban J connectivity index is 1.52. The molecule has 1 atom stereocenters. The van der Waals surface area contributed by atoms with Gasteiger partial charge in [0.15, 0.2) is 0 Å². The summed E-state index contributed by atoms with van der Waals surface area (Å²) in [4.78, 5) is 29.8. The van der Waals surface area contributed by atoms with Crippen LogP contribution in [-0.4, -0.2) is 46.1 Å². The van der Waals surface area contributed by atoms with E-state index in [4.69, 9.17) is 0 Å². The summed E-state index contributed by atoms with van der Waals surface area (Å²) >= 11 is 1.45. The van der Waals surface area contributed by atoms with Crippen molar-refractivity contribution in [3.8, 4) is 0 Å². The van der Waals surface area contributed by atoms with Gasteiger partial charge in [0.25, 0.3) is 5.91 Å². The molecule has 23 heavy (non-hydrogen) atoms. The predicted molar refractivity (Wildman–Crippen MR) is 87.5 cm³/mol. The van der Waals surface area contributed by atoms with E-state index in [1.165, 1.54) is 11.3 Å². The molecule has 4 heterocycles. The third-order valence-electron chi connectivity index (χ3n) is 4.89. The highest BCUT2D eigenvalue weighted by Gasteiger charge is 2.52. The number of aromatic nitrogens is 2. The van der Waals surface area contributed by atoms with E-state index in [1.807, 2.05) is 40.6 Å². The number of anilines is 1. The van der Waals surface area contributed by atoms with E-state index in [2.05, 4.69) is 5.10 Å². The van der Waals surface area contributed by atoms with Gasteiger partial charge < -0.3 is 9.80 Å².